The first kappa shape index (κ1) is 5.95. The van der Waals surface area contributed by atoms with E-state index >= 15 is 0 Å². The molecule has 0 spiro atoms. The van der Waals surface area contributed by atoms with Gasteiger partial charge in [-0.15, -0.1) is 0 Å². The lowest BCUT2D eigenvalue weighted by atomic mass is 10.1. The van der Waals surface area contributed by atoms with E-state index in [2.05, 4.69) is 17.1 Å². The van der Waals surface area contributed by atoms with E-state index in [0.29, 0.717) is 0 Å². The number of benzene rings is 2. The average molecular weight is 152 g/mol. The van der Waals surface area contributed by atoms with Crippen molar-refractivity contribution >= 4 is 22.7 Å². The Morgan fingerprint density at radius 3 is 3.17 bits per heavy atom. The van der Waals surface area contributed by atoms with Crippen molar-refractivity contribution < 1.29 is 0 Å². The largest absolute Gasteiger partial charge is 0.256 e. The summed E-state index contributed by atoms with van der Waals surface area (Å²) < 4.78 is 0. The van der Waals surface area contributed by atoms with Gasteiger partial charge in [0.25, 0.3) is 0 Å². The van der Waals surface area contributed by atoms with Crippen LogP contribution in [0.2, 0.25) is 0 Å². The van der Waals surface area contributed by atoms with Gasteiger partial charge < -0.3 is 0 Å². The van der Waals surface area contributed by atoms with Gasteiger partial charge in [-0.05, 0) is 17.5 Å². The monoisotopic (exact) mass is 152 g/mol. The lowest BCUT2D eigenvalue weighted by Crippen LogP contribution is -1.76. The van der Waals surface area contributed by atoms with E-state index in [9.17, 15) is 0 Å². The molecule has 0 N–H and O–H groups in total. The second kappa shape index (κ2) is 1.95. The average Bonchev–Trinajstić information content (AvgIpc) is 2.52. The summed E-state index contributed by atoms with van der Waals surface area (Å²) in [6, 6.07) is 13.3. The van der Waals surface area contributed by atoms with Gasteiger partial charge in [0.05, 0.1) is 5.69 Å². The molecule has 1 heteroatoms. The molecule has 0 saturated heterocycles. The highest BCUT2D eigenvalue weighted by molar-refractivity contribution is 6.10. The van der Waals surface area contributed by atoms with Crippen LogP contribution >= 0.6 is 0 Å². The molecule has 2 aromatic rings. The van der Waals surface area contributed by atoms with Crippen molar-refractivity contribution in [3.63, 3.8) is 0 Å². The van der Waals surface area contributed by atoms with Crippen LogP contribution in [0.3, 0.4) is 0 Å². The molecule has 1 radical (unpaired) electrons. The Balaban J connectivity index is 2.64. The molecule has 2 aromatic carbocycles. The van der Waals surface area contributed by atoms with Crippen molar-refractivity contribution in [2.75, 3.05) is 0 Å². The highest BCUT2D eigenvalue weighted by atomic mass is 14.7. The first-order valence-electron chi connectivity index (χ1n) is 3.93. The zero-order chi connectivity index (χ0) is 7.97. The summed E-state index contributed by atoms with van der Waals surface area (Å²) in [6.07, 6.45) is 1.91. The summed E-state index contributed by atoms with van der Waals surface area (Å²) >= 11 is 0. The van der Waals surface area contributed by atoms with Crippen LogP contribution in [0.5, 0.6) is 0 Å². The first-order valence-corrected chi connectivity index (χ1v) is 3.93. The lowest BCUT2D eigenvalue weighted by Gasteiger charge is -1.97. The summed E-state index contributed by atoms with van der Waals surface area (Å²) in [7, 11) is 0. The third-order valence-electron chi connectivity index (χ3n) is 2.18. The molecule has 12 heavy (non-hydrogen) atoms. The molecule has 0 unspecified atom stereocenters. The standard InChI is InChI=1S/C11H6N/c1-3-8-4-2-6-10-11(8)9(5-1)7-12-10/h1-2,4-7H. The molecule has 1 aliphatic heterocycles. The lowest BCUT2D eigenvalue weighted by molar-refractivity contribution is 1.63. The number of hydrogen-bond acceptors (Lipinski definition) is 1. The molecule has 0 saturated carbocycles. The van der Waals surface area contributed by atoms with E-state index in [1.165, 1.54) is 10.9 Å². The summed E-state index contributed by atoms with van der Waals surface area (Å²) in [5.74, 6) is 0. The van der Waals surface area contributed by atoms with E-state index in [-0.39, 0.29) is 0 Å². The summed E-state index contributed by atoms with van der Waals surface area (Å²) in [5.41, 5.74) is 2.28. The van der Waals surface area contributed by atoms with Gasteiger partial charge in [-0.3, -0.25) is 4.99 Å². The Hall–Kier alpha value is -1.63. The van der Waals surface area contributed by atoms with Crippen molar-refractivity contribution in [2.45, 2.75) is 0 Å². The summed E-state index contributed by atoms with van der Waals surface area (Å²) in [6.45, 7) is 0. The normalized spacial score (nSPS) is 12.7. The van der Waals surface area contributed by atoms with Crippen LogP contribution in [0.15, 0.2) is 35.3 Å². The van der Waals surface area contributed by atoms with Gasteiger partial charge in [-0.25, -0.2) is 0 Å². The third-order valence-corrected chi connectivity index (χ3v) is 2.18. The van der Waals surface area contributed by atoms with Crippen molar-refractivity contribution in [2.24, 2.45) is 4.99 Å². The van der Waals surface area contributed by atoms with Crippen LogP contribution < -0.4 is 0 Å². The SMILES string of the molecule is [c]1ccc2c3c(cccc13)N=C2. The minimum atomic E-state index is 1.07. The highest BCUT2D eigenvalue weighted by Crippen LogP contribution is 2.31. The number of aliphatic imine (C=N–C) groups is 1. The maximum Gasteiger partial charge on any atom is 0.0715 e. The molecule has 0 atom stereocenters. The third kappa shape index (κ3) is 0.607. The van der Waals surface area contributed by atoms with Crippen LogP contribution in [0.4, 0.5) is 5.69 Å². The second-order valence-electron chi connectivity index (χ2n) is 2.89. The quantitative estimate of drug-likeness (QED) is 0.469. The molecule has 1 aliphatic rings. The van der Waals surface area contributed by atoms with E-state index in [4.69, 9.17) is 0 Å². The van der Waals surface area contributed by atoms with E-state index in [0.717, 1.165) is 11.1 Å². The van der Waals surface area contributed by atoms with Gasteiger partial charge in [0.2, 0.25) is 0 Å². The molecule has 1 nitrogen and oxygen atoms in total. The predicted octanol–water partition coefficient (Wildman–Crippen LogP) is 2.70. The van der Waals surface area contributed by atoms with Gasteiger partial charge in [0.15, 0.2) is 0 Å². The minimum Gasteiger partial charge on any atom is -0.256 e. The van der Waals surface area contributed by atoms with E-state index in [1.807, 2.05) is 30.5 Å². The van der Waals surface area contributed by atoms with E-state index < -0.39 is 0 Å². The number of rotatable bonds is 0. The zero-order valence-corrected chi connectivity index (χ0v) is 6.41. The molecule has 0 aliphatic carbocycles. The molecule has 0 bridgehead atoms. The minimum absolute atomic E-state index is 1.07. The maximum absolute atomic E-state index is 4.30. The number of hydrogen-bond donors (Lipinski definition) is 0. The topological polar surface area (TPSA) is 12.4 Å². The van der Waals surface area contributed by atoms with Crippen LogP contribution in [0.25, 0.3) is 10.8 Å². The van der Waals surface area contributed by atoms with Gasteiger partial charge in [0, 0.05) is 17.2 Å². The van der Waals surface area contributed by atoms with Crippen molar-refractivity contribution in [3.8, 4) is 0 Å². The Morgan fingerprint density at radius 1 is 1.17 bits per heavy atom. The zero-order valence-electron chi connectivity index (χ0n) is 6.41. The molecule has 0 fully saturated rings. The van der Waals surface area contributed by atoms with Crippen LogP contribution in [-0.4, -0.2) is 6.21 Å². The fourth-order valence-corrected chi connectivity index (χ4v) is 1.62. The van der Waals surface area contributed by atoms with Crippen molar-refractivity contribution in [3.05, 3.63) is 42.0 Å². The predicted molar refractivity (Wildman–Crippen MR) is 50.0 cm³/mol. The Kier molecular flexibility index (Phi) is 0.965. The van der Waals surface area contributed by atoms with Gasteiger partial charge >= 0.3 is 0 Å². The highest BCUT2D eigenvalue weighted by Gasteiger charge is 2.07. The molecular formula is C11H6N. The van der Waals surface area contributed by atoms with Crippen molar-refractivity contribution in [1.82, 2.24) is 0 Å². The van der Waals surface area contributed by atoms with E-state index in [1.54, 1.807) is 0 Å². The fraction of sp³-hybridized carbons (Fsp3) is 0. The number of nitrogens with zero attached hydrogens (tertiary/aromatic N) is 1. The first-order chi connectivity index (χ1) is 5.95. The molecule has 3 rings (SSSR count). The summed E-state index contributed by atoms with van der Waals surface area (Å²) in [5, 5.41) is 2.39. The van der Waals surface area contributed by atoms with Gasteiger partial charge in [0.1, 0.15) is 0 Å². The molecule has 55 valence electrons. The maximum atomic E-state index is 4.30. The van der Waals surface area contributed by atoms with Crippen LogP contribution in [0.1, 0.15) is 5.56 Å². The Morgan fingerprint density at radius 2 is 2.17 bits per heavy atom. The van der Waals surface area contributed by atoms with Gasteiger partial charge in [-0.2, -0.15) is 0 Å². The molecule has 0 amide bonds. The second-order valence-corrected chi connectivity index (χ2v) is 2.89. The van der Waals surface area contributed by atoms with Crippen molar-refractivity contribution in [1.29, 1.82) is 0 Å². The Bertz CT molecular complexity index is 443. The summed E-state index contributed by atoms with van der Waals surface area (Å²) in [4.78, 5) is 4.30. The van der Waals surface area contributed by atoms with Crippen LogP contribution in [-0.2, 0) is 0 Å². The molecular weight excluding hydrogens is 146 g/mol. The Labute approximate surface area is 70.4 Å². The van der Waals surface area contributed by atoms with Gasteiger partial charge in [-0.1, -0.05) is 24.3 Å². The fourth-order valence-electron chi connectivity index (χ4n) is 1.62. The smallest absolute Gasteiger partial charge is 0.0715 e. The molecule has 1 heterocycles. The van der Waals surface area contributed by atoms with Crippen LogP contribution in [0, 0.1) is 6.07 Å². The molecule has 0 aromatic heterocycles.